The molecule has 0 heterocycles. The van der Waals surface area contributed by atoms with E-state index < -0.39 is 0 Å². The zero-order valence-electron chi connectivity index (χ0n) is 10.7. The number of benzene rings is 1. The van der Waals surface area contributed by atoms with Crippen molar-refractivity contribution in [1.29, 1.82) is 0 Å². The van der Waals surface area contributed by atoms with Crippen LogP contribution in [0.5, 0.6) is 0 Å². The maximum absolute atomic E-state index is 13.0. The van der Waals surface area contributed by atoms with Crippen molar-refractivity contribution < 1.29 is 9.18 Å². The number of urea groups is 1. The summed E-state index contributed by atoms with van der Waals surface area (Å²) in [5.41, 5.74) is 1.33. The number of anilines is 1. The molecule has 17 heavy (non-hydrogen) atoms. The minimum absolute atomic E-state index is 0.0730. The van der Waals surface area contributed by atoms with E-state index in [9.17, 15) is 9.18 Å². The second-order valence-electron chi connectivity index (χ2n) is 4.59. The van der Waals surface area contributed by atoms with Gasteiger partial charge >= 0.3 is 6.03 Å². The van der Waals surface area contributed by atoms with Crippen molar-refractivity contribution in [2.24, 2.45) is 5.92 Å². The zero-order valence-corrected chi connectivity index (χ0v) is 10.7. The molecule has 1 aromatic rings. The molecule has 4 heteroatoms. The Morgan fingerprint density at radius 2 is 1.94 bits per heavy atom. The number of carbonyl (C=O) groups excluding carboxylic acids is 1. The lowest BCUT2D eigenvalue weighted by Crippen LogP contribution is -2.39. The second-order valence-corrected chi connectivity index (χ2v) is 4.59. The van der Waals surface area contributed by atoms with Gasteiger partial charge in [-0.3, -0.25) is 0 Å². The third-order valence-corrected chi connectivity index (χ3v) is 2.81. The largest absolute Gasteiger partial charge is 0.335 e. The molecule has 1 rings (SSSR count). The maximum atomic E-state index is 13.0. The first kappa shape index (κ1) is 13.5. The molecule has 0 aliphatic rings. The predicted octanol–water partition coefficient (Wildman–Crippen LogP) is 3.30. The van der Waals surface area contributed by atoms with Crippen LogP contribution in [-0.4, -0.2) is 12.1 Å². The van der Waals surface area contributed by atoms with Crippen LogP contribution in [0, 0.1) is 18.7 Å². The van der Waals surface area contributed by atoms with Crippen LogP contribution in [0.1, 0.15) is 26.3 Å². The number of nitrogens with one attached hydrogen (secondary N) is 2. The fourth-order valence-corrected chi connectivity index (χ4v) is 1.26. The quantitative estimate of drug-likeness (QED) is 0.833. The highest BCUT2D eigenvalue weighted by Gasteiger charge is 2.11. The highest BCUT2D eigenvalue weighted by atomic mass is 19.1. The fraction of sp³-hybridized carbons (Fsp3) is 0.462. The number of aryl methyl sites for hydroxylation is 1. The van der Waals surface area contributed by atoms with E-state index in [1.54, 1.807) is 6.07 Å². The van der Waals surface area contributed by atoms with Crippen LogP contribution in [0.25, 0.3) is 0 Å². The monoisotopic (exact) mass is 238 g/mol. The Hall–Kier alpha value is -1.58. The summed E-state index contributed by atoms with van der Waals surface area (Å²) < 4.78 is 13.0. The third kappa shape index (κ3) is 4.06. The summed E-state index contributed by atoms with van der Waals surface area (Å²) in [6.07, 6.45) is 0. The van der Waals surface area contributed by atoms with Gasteiger partial charge < -0.3 is 10.6 Å². The molecule has 94 valence electrons. The van der Waals surface area contributed by atoms with Crippen molar-refractivity contribution in [3.63, 3.8) is 0 Å². The first-order valence-electron chi connectivity index (χ1n) is 5.74. The van der Waals surface area contributed by atoms with Crippen LogP contribution in [0.4, 0.5) is 14.9 Å². The predicted molar refractivity (Wildman–Crippen MR) is 67.6 cm³/mol. The molecule has 1 atom stereocenters. The van der Waals surface area contributed by atoms with E-state index in [-0.39, 0.29) is 17.9 Å². The number of rotatable bonds is 3. The number of halogens is 1. The van der Waals surface area contributed by atoms with Gasteiger partial charge in [-0.1, -0.05) is 19.9 Å². The molecule has 0 radical (unpaired) electrons. The van der Waals surface area contributed by atoms with Gasteiger partial charge in [-0.05, 0) is 37.5 Å². The summed E-state index contributed by atoms with van der Waals surface area (Å²) in [6, 6.07) is 4.09. The maximum Gasteiger partial charge on any atom is 0.319 e. The van der Waals surface area contributed by atoms with Gasteiger partial charge in [-0.15, -0.1) is 0 Å². The zero-order chi connectivity index (χ0) is 13.0. The number of carbonyl (C=O) groups is 1. The molecule has 0 spiro atoms. The van der Waals surface area contributed by atoms with Crippen LogP contribution in [0.15, 0.2) is 18.2 Å². The number of amides is 2. The van der Waals surface area contributed by atoms with Crippen LogP contribution >= 0.6 is 0 Å². The third-order valence-electron chi connectivity index (χ3n) is 2.81. The molecular weight excluding hydrogens is 219 g/mol. The first-order chi connectivity index (χ1) is 7.90. The summed E-state index contributed by atoms with van der Waals surface area (Å²) in [5.74, 6) is -0.00263. The smallest absolute Gasteiger partial charge is 0.319 e. The lowest BCUT2D eigenvalue weighted by molar-refractivity contribution is 0.246. The molecule has 0 saturated carbocycles. The standard InChI is InChI=1S/C13H19FN2O/c1-8(2)10(4)15-13(17)16-12-7-11(14)6-5-9(12)3/h5-8,10H,1-4H3,(H2,15,16,17). The van der Waals surface area contributed by atoms with Gasteiger partial charge in [-0.25, -0.2) is 9.18 Å². The van der Waals surface area contributed by atoms with E-state index >= 15 is 0 Å². The number of hydrogen-bond acceptors (Lipinski definition) is 1. The normalized spacial score (nSPS) is 12.4. The van der Waals surface area contributed by atoms with E-state index in [1.807, 2.05) is 27.7 Å². The Bertz CT molecular complexity index is 404. The SMILES string of the molecule is Cc1ccc(F)cc1NC(=O)NC(C)C(C)C. The van der Waals surface area contributed by atoms with Crippen molar-refractivity contribution in [1.82, 2.24) is 5.32 Å². The highest BCUT2D eigenvalue weighted by Crippen LogP contribution is 2.15. The van der Waals surface area contributed by atoms with Crippen LogP contribution in [-0.2, 0) is 0 Å². The molecule has 0 aliphatic carbocycles. The van der Waals surface area contributed by atoms with Gasteiger partial charge in [0.1, 0.15) is 5.82 Å². The van der Waals surface area contributed by atoms with Crippen molar-refractivity contribution in [2.45, 2.75) is 33.7 Å². The van der Waals surface area contributed by atoms with E-state index in [0.717, 1.165) is 5.56 Å². The molecule has 0 bridgehead atoms. The average molecular weight is 238 g/mol. The lowest BCUT2D eigenvalue weighted by atomic mass is 10.1. The van der Waals surface area contributed by atoms with Crippen molar-refractivity contribution in [2.75, 3.05) is 5.32 Å². The van der Waals surface area contributed by atoms with Gasteiger partial charge in [0.2, 0.25) is 0 Å². The molecule has 1 aromatic carbocycles. The Balaban J connectivity index is 2.65. The molecule has 0 saturated heterocycles. The average Bonchev–Trinajstić information content (AvgIpc) is 2.23. The van der Waals surface area contributed by atoms with Gasteiger partial charge in [0.05, 0.1) is 0 Å². The van der Waals surface area contributed by atoms with Gasteiger partial charge in [0, 0.05) is 11.7 Å². The fourth-order valence-electron chi connectivity index (χ4n) is 1.26. The molecule has 0 fully saturated rings. The van der Waals surface area contributed by atoms with E-state index in [4.69, 9.17) is 0 Å². The Morgan fingerprint density at radius 3 is 2.53 bits per heavy atom. The molecule has 2 amide bonds. The summed E-state index contributed by atoms with van der Waals surface area (Å²) in [7, 11) is 0. The number of hydrogen-bond donors (Lipinski definition) is 2. The van der Waals surface area contributed by atoms with Crippen molar-refractivity contribution in [3.8, 4) is 0 Å². The van der Waals surface area contributed by atoms with Gasteiger partial charge in [0.25, 0.3) is 0 Å². The minimum atomic E-state index is -0.359. The van der Waals surface area contributed by atoms with E-state index in [1.165, 1.54) is 12.1 Å². The second kappa shape index (κ2) is 5.66. The Labute approximate surface area is 101 Å². The molecular formula is C13H19FN2O. The lowest BCUT2D eigenvalue weighted by Gasteiger charge is -2.18. The van der Waals surface area contributed by atoms with Crippen molar-refractivity contribution in [3.05, 3.63) is 29.6 Å². The summed E-state index contributed by atoms with van der Waals surface area (Å²) in [4.78, 5) is 11.6. The van der Waals surface area contributed by atoms with Gasteiger partial charge in [0.15, 0.2) is 0 Å². The Morgan fingerprint density at radius 1 is 1.29 bits per heavy atom. The molecule has 1 unspecified atom stereocenters. The Kier molecular flexibility index (Phi) is 4.49. The molecule has 0 aliphatic heterocycles. The van der Waals surface area contributed by atoms with E-state index in [2.05, 4.69) is 10.6 Å². The van der Waals surface area contributed by atoms with Crippen molar-refractivity contribution >= 4 is 11.7 Å². The first-order valence-corrected chi connectivity index (χ1v) is 5.74. The highest BCUT2D eigenvalue weighted by molar-refractivity contribution is 5.90. The summed E-state index contributed by atoms with van der Waals surface area (Å²) in [6.45, 7) is 7.81. The summed E-state index contributed by atoms with van der Waals surface area (Å²) >= 11 is 0. The van der Waals surface area contributed by atoms with Crippen LogP contribution in [0.3, 0.4) is 0 Å². The molecule has 0 aromatic heterocycles. The van der Waals surface area contributed by atoms with Crippen LogP contribution in [0.2, 0.25) is 0 Å². The van der Waals surface area contributed by atoms with E-state index in [0.29, 0.717) is 11.6 Å². The summed E-state index contributed by atoms with van der Waals surface area (Å²) in [5, 5.41) is 5.45. The minimum Gasteiger partial charge on any atom is -0.335 e. The molecule has 3 nitrogen and oxygen atoms in total. The van der Waals surface area contributed by atoms with Crippen LogP contribution < -0.4 is 10.6 Å². The molecule has 2 N–H and O–H groups in total. The topological polar surface area (TPSA) is 41.1 Å². The van der Waals surface area contributed by atoms with Gasteiger partial charge in [-0.2, -0.15) is 0 Å².